The Balaban J connectivity index is 2.08. The van der Waals surface area contributed by atoms with Crippen molar-refractivity contribution in [2.45, 2.75) is 71.0 Å². The molecule has 0 aliphatic heterocycles. The fourth-order valence-corrected chi connectivity index (χ4v) is 5.88. The molecule has 2 amide bonds. The van der Waals surface area contributed by atoms with Gasteiger partial charge in [-0.15, -0.1) is 0 Å². The third-order valence-corrected chi connectivity index (χ3v) is 9.05. The van der Waals surface area contributed by atoms with Crippen LogP contribution in [0.5, 0.6) is 5.75 Å². The second-order valence-electron chi connectivity index (χ2n) is 10.2. The number of sulfonamides is 1. The number of anilines is 1. The van der Waals surface area contributed by atoms with Crippen molar-refractivity contribution in [3.63, 3.8) is 0 Å². The molecule has 1 N–H and O–H groups in total. The van der Waals surface area contributed by atoms with Gasteiger partial charge in [-0.3, -0.25) is 13.9 Å². The Bertz CT molecular complexity index is 1440. The molecule has 8 nitrogen and oxygen atoms in total. The van der Waals surface area contributed by atoms with Crippen molar-refractivity contribution in [3.05, 3.63) is 89.5 Å². The maximum Gasteiger partial charge on any atom is 0.264 e. The zero-order valence-electron chi connectivity index (χ0n) is 24.8. The minimum Gasteiger partial charge on any atom is -0.497 e. The summed E-state index contributed by atoms with van der Waals surface area (Å²) < 4.78 is 34.4. The van der Waals surface area contributed by atoms with E-state index in [9.17, 15) is 18.0 Å². The van der Waals surface area contributed by atoms with Crippen LogP contribution in [0, 0.1) is 13.8 Å². The van der Waals surface area contributed by atoms with Crippen molar-refractivity contribution >= 4 is 27.5 Å². The van der Waals surface area contributed by atoms with E-state index in [2.05, 4.69) is 5.32 Å². The van der Waals surface area contributed by atoms with E-state index in [1.807, 2.05) is 52.8 Å². The fraction of sp³-hybridized carbons (Fsp3) is 0.375. The van der Waals surface area contributed by atoms with Gasteiger partial charge in [0.15, 0.2) is 0 Å². The zero-order chi connectivity index (χ0) is 30.2. The topological polar surface area (TPSA) is 96.0 Å². The Hall–Kier alpha value is -3.85. The summed E-state index contributed by atoms with van der Waals surface area (Å²) in [5.41, 5.74) is 3.04. The van der Waals surface area contributed by atoms with E-state index >= 15 is 0 Å². The first kappa shape index (κ1) is 31.7. The van der Waals surface area contributed by atoms with Crippen LogP contribution in [0.1, 0.15) is 50.3 Å². The molecule has 0 unspecified atom stereocenters. The van der Waals surface area contributed by atoms with E-state index in [4.69, 9.17) is 4.74 Å². The molecule has 0 aliphatic carbocycles. The fourth-order valence-electron chi connectivity index (χ4n) is 4.46. The van der Waals surface area contributed by atoms with Gasteiger partial charge in [-0.2, -0.15) is 0 Å². The number of aryl methyl sites for hydroxylation is 2. The van der Waals surface area contributed by atoms with Crippen LogP contribution in [-0.2, 0) is 26.2 Å². The number of amides is 2. The predicted molar refractivity (Wildman–Crippen MR) is 162 cm³/mol. The molecule has 3 rings (SSSR count). The van der Waals surface area contributed by atoms with Gasteiger partial charge in [-0.25, -0.2) is 8.42 Å². The minimum absolute atomic E-state index is 0.0733. The van der Waals surface area contributed by atoms with E-state index in [1.54, 1.807) is 49.6 Å². The lowest BCUT2D eigenvalue weighted by atomic mass is 10.1. The largest absolute Gasteiger partial charge is 0.497 e. The molecule has 0 radical (unpaired) electrons. The van der Waals surface area contributed by atoms with Gasteiger partial charge in [-0.1, -0.05) is 50.2 Å². The Morgan fingerprint density at radius 1 is 0.902 bits per heavy atom. The summed E-state index contributed by atoms with van der Waals surface area (Å²) >= 11 is 0. The molecule has 220 valence electrons. The van der Waals surface area contributed by atoms with Crippen molar-refractivity contribution < 1.29 is 22.7 Å². The number of ether oxygens (including phenoxy) is 1. The molecule has 41 heavy (non-hydrogen) atoms. The molecule has 9 heteroatoms. The molecular formula is C32H41N3O5S. The number of nitrogens with one attached hydrogen (secondary N) is 1. The third kappa shape index (κ3) is 7.88. The minimum atomic E-state index is -4.11. The van der Waals surface area contributed by atoms with E-state index in [-0.39, 0.29) is 23.4 Å². The molecule has 0 heterocycles. The molecule has 0 fully saturated rings. The maximum absolute atomic E-state index is 14.2. The van der Waals surface area contributed by atoms with Gasteiger partial charge in [0, 0.05) is 12.6 Å². The summed E-state index contributed by atoms with van der Waals surface area (Å²) in [5, 5.41) is 2.99. The van der Waals surface area contributed by atoms with Gasteiger partial charge < -0.3 is 15.0 Å². The van der Waals surface area contributed by atoms with Gasteiger partial charge in [0.2, 0.25) is 11.8 Å². The molecule has 0 saturated heterocycles. The average Bonchev–Trinajstić information content (AvgIpc) is 2.97. The van der Waals surface area contributed by atoms with Crippen LogP contribution in [0.4, 0.5) is 5.69 Å². The quantitative estimate of drug-likeness (QED) is 0.299. The monoisotopic (exact) mass is 579 g/mol. The molecule has 0 aliphatic rings. The first-order valence-corrected chi connectivity index (χ1v) is 15.3. The highest BCUT2D eigenvalue weighted by molar-refractivity contribution is 7.92. The summed E-state index contributed by atoms with van der Waals surface area (Å²) in [4.78, 5) is 29.1. The number of nitrogens with zero attached hydrogens (tertiary/aromatic N) is 2. The third-order valence-electron chi connectivity index (χ3n) is 7.26. The molecule has 0 saturated carbocycles. The van der Waals surface area contributed by atoms with E-state index in [0.717, 1.165) is 27.4 Å². The highest BCUT2D eigenvalue weighted by Gasteiger charge is 2.34. The van der Waals surface area contributed by atoms with Crippen LogP contribution in [0.25, 0.3) is 0 Å². The van der Waals surface area contributed by atoms with Crippen molar-refractivity contribution in [1.82, 2.24) is 10.2 Å². The van der Waals surface area contributed by atoms with Gasteiger partial charge in [-0.05, 0) is 86.7 Å². The summed E-state index contributed by atoms with van der Waals surface area (Å²) in [7, 11) is -2.54. The first-order chi connectivity index (χ1) is 19.5. The smallest absolute Gasteiger partial charge is 0.264 e. The molecule has 0 spiro atoms. The van der Waals surface area contributed by atoms with E-state index in [0.29, 0.717) is 17.9 Å². The van der Waals surface area contributed by atoms with Crippen molar-refractivity contribution in [2.24, 2.45) is 0 Å². The summed E-state index contributed by atoms with van der Waals surface area (Å²) in [5.74, 6) is -0.145. The summed E-state index contributed by atoms with van der Waals surface area (Å²) in [6.45, 7) is 9.20. The lowest BCUT2D eigenvalue weighted by Crippen LogP contribution is -2.53. The molecule has 3 aromatic carbocycles. The van der Waals surface area contributed by atoms with Crippen LogP contribution >= 0.6 is 0 Å². The Kier molecular flexibility index (Phi) is 10.9. The molecule has 0 bridgehead atoms. The van der Waals surface area contributed by atoms with Crippen LogP contribution in [0.2, 0.25) is 0 Å². The number of methoxy groups -OCH3 is 1. The van der Waals surface area contributed by atoms with Crippen molar-refractivity contribution in [2.75, 3.05) is 18.0 Å². The summed E-state index contributed by atoms with van der Waals surface area (Å²) in [6.07, 6.45) is 1.09. The lowest BCUT2D eigenvalue weighted by Gasteiger charge is -2.34. The van der Waals surface area contributed by atoms with Gasteiger partial charge in [0.25, 0.3) is 10.0 Å². The number of hydrogen-bond acceptors (Lipinski definition) is 5. The normalized spacial score (nSPS) is 12.7. The highest BCUT2D eigenvalue weighted by Crippen LogP contribution is 2.27. The number of carbonyl (C=O) groups is 2. The van der Waals surface area contributed by atoms with Crippen LogP contribution < -0.4 is 14.4 Å². The Labute approximate surface area is 244 Å². The summed E-state index contributed by atoms with van der Waals surface area (Å²) in [6, 6.07) is 19.8. The lowest BCUT2D eigenvalue weighted by molar-refractivity contribution is -0.140. The van der Waals surface area contributed by atoms with Gasteiger partial charge in [0.05, 0.1) is 17.7 Å². The van der Waals surface area contributed by atoms with Gasteiger partial charge >= 0.3 is 0 Å². The van der Waals surface area contributed by atoms with Crippen LogP contribution in [0.15, 0.2) is 77.7 Å². The number of rotatable bonds is 13. The number of benzene rings is 3. The molecular weight excluding hydrogens is 538 g/mol. The molecule has 0 aromatic heterocycles. The average molecular weight is 580 g/mol. The van der Waals surface area contributed by atoms with Crippen molar-refractivity contribution in [3.8, 4) is 5.75 Å². The van der Waals surface area contributed by atoms with Crippen LogP contribution in [-0.4, -0.2) is 50.9 Å². The maximum atomic E-state index is 14.2. The van der Waals surface area contributed by atoms with Crippen molar-refractivity contribution in [1.29, 1.82) is 0 Å². The highest BCUT2D eigenvalue weighted by atomic mass is 32.2. The first-order valence-electron chi connectivity index (χ1n) is 13.9. The zero-order valence-corrected chi connectivity index (χ0v) is 25.6. The number of carbonyl (C=O) groups excluding carboxylic acids is 2. The standard InChI is InChI=1S/C32H41N3O5S/c1-7-25(5)33-32(37)30(8-2)34(21-26-13-12-14-28(20-26)40-6)31(36)22-35(27-18-17-23(3)24(4)19-27)41(38,39)29-15-10-9-11-16-29/h9-20,25,30H,7-8,21-22H2,1-6H3,(H,33,37)/t25-,30-/m0/s1. The van der Waals surface area contributed by atoms with Crippen LogP contribution in [0.3, 0.4) is 0 Å². The van der Waals surface area contributed by atoms with Gasteiger partial charge in [0.1, 0.15) is 18.3 Å². The predicted octanol–water partition coefficient (Wildman–Crippen LogP) is 5.23. The SMILES string of the molecule is CC[C@H](C)NC(=O)[C@H](CC)N(Cc1cccc(OC)c1)C(=O)CN(c1ccc(C)c(C)c1)S(=O)(=O)c1ccccc1. The number of hydrogen-bond donors (Lipinski definition) is 1. The van der Waals surface area contributed by atoms with E-state index in [1.165, 1.54) is 17.0 Å². The second kappa shape index (κ2) is 14.2. The molecule has 2 atom stereocenters. The second-order valence-corrected chi connectivity index (χ2v) is 12.1. The van der Waals surface area contributed by atoms with E-state index < -0.39 is 28.5 Å². The Morgan fingerprint density at radius 3 is 2.22 bits per heavy atom. The molecule has 3 aromatic rings. The Morgan fingerprint density at radius 2 is 1.61 bits per heavy atom.